The SMILES string of the molecule is CCOC(=O)[C@@H](NC(=O)C1(Br)SC=C(Br)C1Br)C(C)C. The average Bonchev–Trinajstić information content (AvgIpc) is 2.64. The number of hydrogen-bond donors (Lipinski definition) is 1. The summed E-state index contributed by atoms with van der Waals surface area (Å²) < 4.78 is 5.01. The van der Waals surface area contributed by atoms with Crippen LogP contribution in [0.1, 0.15) is 20.8 Å². The molecule has 0 saturated heterocycles. The predicted octanol–water partition coefficient (Wildman–Crippen LogP) is 3.53. The molecule has 2 unspecified atom stereocenters. The van der Waals surface area contributed by atoms with Gasteiger partial charge < -0.3 is 10.1 Å². The molecule has 0 fully saturated rings. The van der Waals surface area contributed by atoms with Crippen molar-refractivity contribution in [2.24, 2.45) is 5.92 Å². The van der Waals surface area contributed by atoms with Crippen molar-refractivity contribution in [2.75, 3.05) is 6.61 Å². The Bertz CT molecular complexity index is 430. The molecule has 0 aromatic rings. The largest absolute Gasteiger partial charge is 0.464 e. The molecule has 3 atom stereocenters. The predicted molar refractivity (Wildman–Crippen MR) is 92.4 cm³/mol. The molecule has 1 aliphatic heterocycles. The van der Waals surface area contributed by atoms with Crippen LogP contribution in [0.5, 0.6) is 0 Å². The summed E-state index contributed by atoms with van der Waals surface area (Å²) >= 11 is 11.6. The van der Waals surface area contributed by atoms with Crippen molar-refractivity contribution < 1.29 is 14.3 Å². The van der Waals surface area contributed by atoms with Gasteiger partial charge in [0.1, 0.15) is 6.04 Å². The Morgan fingerprint density at radius 2 is 2.15 bits per heavy atom. The van der Waals surface area contributed by atoms with Gasteiger partial charge in [0.05, 0.1) is 11.4 Å². The molecule has 0 radical (unpaired) electrons. The van der Waals surface area contributed by atoms with E-state index in [9.17, 15) is 9.59 Å². The highest BCUT2D eigenvalue weighted by Gasteiger charge is 2.48. The number of nitrogens with one attached hydrogen (secondary N) is 1. The summed E-state index contributed by atoms with van der Waals surface area (Å²) in [5.41, 5.74) is 0. The third-order valence-electron chi connectivity index (χ3n) is 2.71. The number of amides is 1. The van der Waals surface area contributed by atoms with Crippen molar-refractivity contribution in [3.8, 4) is 0 Å². The second-order valence-corrected chi connectivity index (χ2v) is 9.30. The summed E-state index contributed by atoms with van der Waals surface area (Å²) in [6, 6.07) is -0.656. The van der Waals surface area contributed by atoms with Crippen molar-refractivity contribution in [1.82, 2.24) is 5.32 Å². The molecule has 114 valence electrons. The highest BCUT2D eigenvalue weighted by molar-refractivity contribution is 9.16. The van der Waals surface area contributed by atoms with Gasteiger partial charge in [-0.2, -0.15) is 0 Å². The van der Waals surface area contributed by atoms with E-state index in [1.54, 1.807) is 6.92 Å². The number of thioether (sulfide) groups is 1. The first kappa shape index (κ1) is 18.5. The molecule has 1 heterocycles. The van der Waals surface area contributed by atoms with E-state index in [-0.39, 0.29) is 16.7 Å². The summed E-state index contributed by atoms with van der Waals surface area (Å²) in [6.45, 7) is 5.76. The van der Waals surface area contributed by atoms with Crippen LogP contribution >= 0.6 is 59.6 Å². The summed E-state index contributed by atoms with van der Waals surface area (Å²) in [4.78, 5) is 24.2. The number of carbonyl (C=O) groups excluding carboxylic acids is 2. The molecule has 1 N–H and O–H groups in total. The first-order valence-corrected chi connectivity index (χ1v) is 9.46. The first-order chi connectivity index (χ1) is 9.24. The molecule has 8 heteroatoms. The van der Waals surface area contributed by atoms with Gasteiger partial charge in [-0.3, -0.25) is 4.79 Å². The topological polar surface area (TPSA) is 55.4 Å². The van der Waals surface area contributed by atoms with E-state index in [4.69, 9.17) is 4.74 Å². The van der Waals surface area contributed by atoms with Crippen molar-refractivity contribution in [2.45, 2.75) is 35.3 Å². The van der Waals surface area contributed by atoms with Crippen molar-refractivity contribution >= 4 is 71.4 Å². The molecule has 0 aliphatic carbocycles. The monoisotopic (exact) mass is 491 g/mol. The molecule has 20 heavy (non-hydrogen) atoms. The molecule has 0 bridgehead atoms. The van der Waals surface area contributed by atoms with Crippen LogP contribution in [0.2, 0.25) is 0 Å². The fourth-order valence-electron chi connectivity index (χ4n) is 1.58. The normalized spacial score (nSPS) is 27.1. The maximum atomic E-state index is 12.5. The highest BCUT2D eigenvalue weighted by Crippen LogP contribution is 2.51. The number of alkyl halides is 2. The zero-order chi connectivity index (χ0) is 15.5. The van der Waals surface area contributed by atoms with Crippen molar-refractivity contribution in [3.05, 3.63) is 9.89 Å². The Kier molecular flexibility index (Phi) is 7.08. The van der Waals surface area contributed by atoms with Crippen LogP contribution in [0.3, 0.4) is 0 Å². The van der Waals surface area contributed by atoms with Crippen molar-refractivity contribution in [3.63, 3.8) is 0 Å². The molecular weight excluding hydrogens is 478 g/mol. The van der Waals surface area contributed by atoms with Gasteiger partial charge >= 0.3 is 5.97 Å². The number of ether oxygens (including phenoxy) is 1. The van der Waals surface area contributed by atoms with E-state index >= 15 is 0 Å². The van der Waals surface area contributed by atoms with Crippen LogP contribution in [-0.2, 0) is 14.3 Å². The number of esters is 1. The Balaban J connectivity index is 2.80. The van der Waals surface area contributed by atoms with Gasteiger partial charge in [0.15, 0.2) is 3.66 Å². The zero-order valence-corrected chi connectivity index (χ0v) is 16.9. The zero-order valence-electron chi connectivity index (χ0n) is 11.3. The summed E-state index contributed by atoms with van der Waals surface area (Å²) in [5, 5.41) is 4.62. The molecule has 4 nitrogen and oxygen atoms in total. The Hall–Kier alpha value is 0.470. The third-order valence-corrected chi connectivity index (χ3v) is 8.93. The van der Waals surface area contributed by atoms with Crippen LogP contribution < -0.4 is 5.32 Å². The van der Waals surface area contributed by atoms with E-state index in [2.05, 4.69) is 53.1 Å². The Morgan fingerprint density at radius 3 is 2.55 bits per heavy atom. The minimum atomic E-state index is -0.870. The fourth-order valence-corrected chi connectivity index (χ4v) is 4.97. The molecule has 1 aliphatic rings. The van der Waals surface area contributed by atoms with E-state index in [1.165, 1.54) is 11.8 Å². The summed E-state index contributed by atoms with van der Waals surface area (Å²) in [6.07, 6.45) is 0. The number of allylic oxidation sites excluding steroid dienone is 1. The number of hydrogen-bond acceptors (Lipinski definition) is 4. The lowest BCUT2D eigenvalue weighted by Gasteiger charge is -2.28. The molecule has 1 amide bonds. The molecular formula is C12H16Br3NO3S. The molecule has 0 aromatic carbocycles. The van der Waals surface area contributed by atoms with Gasteiger partial charge in [-0.15, -0.1) is 11.8 Å². The maximum Gasteiger partial charge on any atom is 0.328 e. The lowest BCUT2D eigenvalue weighted by molar-refractivity contribution is -0.148. The Morgan fingerprint density at radius 1 is 1.55 bits per heavy atom. The Labute approximate surface area is 148 Å². The van der Waals surface area contributed by atoms with E-state index in [1.807, 2.05) is 19.3 Å². The van der Waals surface area contributed by atoms with E-state index < -0.39 is 15.7 Å². The highest BCUT2D eigenvalue weighted by atomic mass is 79.9. The smallest absolute Gasteiger partial charge is 0.328 e. The first-order valence-electron chi connectivity index (χ1n) is 6.08. The minimum absolute atomic E-state index is 0.0503. The van der Waals surface area contributed by atoms with Gasteiger partial charge in [0, 0.05) is 4.48 Å². The number of carbonyl (C=O) groups is 2. The van der Waals surface area contributed by atoms with Gasteiger partial charge in [-0.05, 0) is 18.2 Å². The van der Waals surface area contributed by atoms with Crippen molar-refractivity contribution in [1.29, 1.82) is 0 Å². The molecule has 0 aromatic heterocycles. The third kappa shape index (κ3) is 4.01. The van der Waals surface area contributed by atoms with Gasteiger partial charge in [0.2, 0.25) is 5.91 Å². The lowest BCUT2D eigenvalue weighted by atomic mass is 10.0. The van der Waals surface area contributed by atoms with Gasteiger partial charge in [-0.1, -0.05) is 61.6 Å². The second kappa shape index (κ2) is 7.65. The van der Waals surface area contributed by atoms with Crippen LogP contribution in [0.4, 0.5) is 0 Å². The van der Waals surface area contributed by atoms with E-state index in [0.29, 0.717) is 6.61 Å². The summed E-state index contributed by atoms with van der Waals surface area (Å²) in [7, 11) is 0. The van der Waals surface area contributed by atoms with Gasteiger partial charge in [-0.25, -0.2) is 4.79 Å². The lowest BCUT2D eigenvalue weighted by Crippen LogP contribution is -2.52. The molecule has 0 spiro atoms. The van der Waals surface area contributed by atoms with Crippen LogP contribution in [-0.4, -0.2) is 33.0 Å². The average molecular weight is 494 g/mol. The molecule has 1 rings (SSSR count). The minimum Gasteiger partial charge on any atom is -0.464 e. The maximum absolute atomic E-state index is 12.5. The standard InChI is InChI=1S/C12H16Br3NO3S/c1-4-19-10(17)8(6(2)3)16-11(18)12(15)9(14)7(13)5-20-12/h5-6,8-9H,4H2,1-3H3,(H,16,18)/t8-,9?,12?/m0/s1. The molecule has 0 saturated carbocycles. The number of rotatable bonds is 5. The van der Waals surface area contributed by atoms with Crippen LogP contribution in [0.15, 0.2) is 9.89 Å². The van der Waals surface area contributed by atoms with Gasteiger partial charge in [0.25, 0.3) is 0 Å². The fraction of sp³-hybridized carbons (Fsp3) is 0.667. The van der Waals surface area contributed by atoms with Crippen LogP contribution in [0.25, 0.3) is 0 Å². The number of halogens is 3. The van der Waals surface area contributed by atoms with Crippen LogP contribution in [0, 0.1) is 5.92 Å². The quantitative estimate of drug-likeness (QED) is 0.470. The summed E-state index contributed by atoms with van der Waals surface area (Å²) in [5.74, 6) is -0.722. The second-order valence-electron chi connectivity index (χ2n) is 4.58. The van der Waals surface area contributed by atoms with E-state index in [0.717, 1.165) is 4.48 Å².